The summed E-state index contributed by atoms with van der Waals surface area (Å²) < 4.78 is 0. The van der Waals surface area contributed by atoms with Gasteiger partial charge in [0.25, 0.3) is 0 Å². The molecule has 0 radical (unpaired) electrons. The summed E-state index contributed by atoms with van der Waals surface area (Å²) in [5.41, 5.74) is 3.13. The van der Waals surface area contributed by atoms with E-state index in [4.69, 9.17) is 0 Å². The van der Waals surface area contributed by atoms with Crippen LogP contribution in [0.1, 0.15) is 50.7 Å². The molecule has 17 heavy (non-hydrogen) atoms. The van der Waals surface area contributed by atoms with E-state index in [0.29, 0.717) is 5.92 Å². The molecule has 0 bridgehead atoms. The fraction of sp³-hybridized carbons (Fsp3) is 0.625. The van der Waals surface area contributed by atoms with E-state index in [9.17, 15) is 0 Å². The molecule has 1 N–H and O–H groups in total. The molecule has 0 amide bonds. The Labute approximate surface area is 106 Å². The zero-order valence-corrected chi connectivity index (χ0v) is 11.4. The van der Waals surface area contributed by atoms with Crippen LogP contribution in [0.4, 0.5) is 0 Å². The topological polar surface area (TPSA) is 12.0 Å². The molecule has 1 saturated heterocycles. The first-order valence-electron chi connectivity index (χ1n) is 6.98. The summed E-state index contributed by atoms with van der Waals surface area (Å²) in [5.74, 6) is 0.640. The highest BCUT2D eigenvalue weighted by atomic mass is 15.0. The van der Waals surface area contributed by atoms with Gasteiger partial charge in [0, 0.05) is 5.54 Å². The molecule has 0 aromatic heterocycles. The van der Waals surface area contributed by atoms with Crippen LogP contribution in [0.25, 0.3) is 0 Å². The summed E-state index contributed by atoms with van der Waals surface area (Å²) >= 11 is 0. The SMILES string of the molecule is Cc1ccccc1C1(C(C)C)CCCCCN1. The van der Waals surface area contributed by atoms with Gasteiger partial charge in [-0.15, -0.1) is 0 Å². The van der Waals surface area contributed by atoms with E-state index in [1.807, 2.05) is 0 Å². The fourth-order valence-electron chi connectivity index (χ4n) is 3.21. The first kappa shape index (κ1) is 12.6. The Morgan fingerprint density at radius 1 is 1.12 bits per heavy atom. The summed E-state index contributed by atoms with van der Waals surface area (Å²) in [6, 6.07) is 8.88. The second-order valence-corrected chi connectivity index (χ2v) is 5.68. The molecule has 2 rings (SSSR count). The molecule has 0 saturated carbocycles. The lowest BCUT2D eigenvalue weighted by atomic mass is 9.75. The highest BCUT2D eigenvalue weighted by molar-refractivity contribution is 5.33. The Morgan fingerprint density at radius 3 is 2.59 bits per heavy atom. The third-order valence-corrected chi connectivity index (χ3v) is 4.30. The molecule has 1 aromatic carbocycles. The highest BCUT2D eigenvalue weighted by Crippen LogP contribution is 2.38. The number of rotatable bonds is 2. The summed E-state index contributed by atoms with van der Waals surface area (Å²) in [6.07, 6.45) is 5.31. The molecular formula is C16H25N. The van der Waals surface area contributed by atoms with Gasteiger partial charge in [0.15, 0.2) is 0 Å². The van der Waals surface area contributed by atoms with Crippen molar-refractivity contribution in [3.63, 3.8) is 0 Å². The highest BCUT2D eigenvalue weighted by Gasteiger charge is 2.36. The molecule has 1 fully saturated rings. The minimum absolute atomic E-state index is 0.196. The molecule has 0 aliphatic carbocycles. The summed E-state index contributed by atoms with van der Waals surface area (Å²) in [4.78, 5) is 0. The largest absolute Gasteiger partial charge is 0.307 e. The van der Waals surface area contributed by atoms with E-state index in [-0.39, 0.29) is 5.54 Å². The monoisotopic (exact) mass is 231 g/mol. The second-order valence-electron chi connectivity index (χ2n) is 5.68. The van der Waals surface area contributed by atoms with Gasteiger partial charge < -0.3 is 5.32 Å². The average Bonchev–Trinajstić information content (AvgIpc) is 2.56. The summed E-state index contributed by atoms with van der Waals surface area (Å²) in [6.45, 7) is 8.11. The van der Waals surface area contributed by atoms with E-state index in [1.165, 1.54) is 36.8 Å². The third-order valence-electron chi connectivity index (χ3n) is 4.30. The predicted molar refractivity (Wildman–Crippen MR) is 74.2 cm³/mol. The third kappa shape index (κ3) is 2.40. The van der Waals surface area contributed by atoms with Gasteiger partial charge in [-0.2, -0.15) is 0 Å². The maximum Gasteiger partial charge on any atom is 0.0460 e. The lowest BCUT2D eigenvalue weighted by Crippen LogP contribution is -2.46. The molecule has 1 heterocycles. The number of benzene rings is 1. The zero-order chi connectivity index (χ0) is 12.3. The van der Waals surface area contributed by atoms with Crippen molar-refractivity contribution in [3.05, 3.63) is 35.4 Å². The van der Waals surface area contributed by atoms with Gasteiger partial charge in [0.1, 0.15) is 0 Å². The Balaban J connectivity index is 2.43. The Hall–Kier alpha value is -0.820. The molecule has 1 nitrogen and oxygen atoms in total. The molecule has 1 aromatic rings. The van der Waals surface area contributed by atoms with Gasteiger partial charge in [0.05, 0.1) is 0 Å². The molecule has 1 unspecified atom stereocenters. The maximum atomic E-state index is 3.85. The van der Waals surface area contributed by atoms with Crippen molar-refractivity contribution in [1.82, 2.24) is 5.32 Å². The molecule has 1 heteroatoms. The Morgan fingerprint density at radius 2 is 1.88 bits per heavy atom. The van der Waals surface area contributed by atoms with Crippen LogP contribution in [0, 0.1) is 12.8 Å². The lowest BCUT2D eigenvalue weighted by molar-refractivity contribution is 0.229. The Bertz CT molecular complexity index is 360. The van der Waals surface area contributed by atoms with E-state index >= 15 is 0 Å². The van der Waals surface area contributed by atoms with Crippen LogP contribution in [0.15, 0.2) is 24.3 Å². The maximum absolute atomic E-state index is 3.85. The van der Waals surface area contributed by atoms with Crippen molar-refractivity contribution in [2.75, 3.05) is 6.54 Å². The van der Waals surface area contributed by atoms with Crippen LogP contribution >= 0.6 is 0 Å². The summed E-state index contributed by atoms with van der Waals surface area (Å²) in [7, 11) is 0. The number of aryl methyl sites for hydroxylation is 1. The average molecular weight is 231 g/mol. The van der Waals surface area contributed by atoms with Gasteiger partial charge >= 0.3 is 0 Å². The molecule has 0 spiro atoms. The van der Waals surface area contributed by atoms with Gasteiger partial charge in [-0.1, -0.05) is 51.0 Å². The van der Waals surface area contributed by atoms with Crippen molar-refractivity contribution in [2.24, 2.45) is 5.92 Å². The molecule has 94 valence electrons. The van der Waals surface area contributed by atoms with Crippen LogP contribution in [0.5, 0.6) is 0 Å². The zero-order valence-electron chi connectivity index (χ0n) is 11.4. The van der Waals surface area contributed by atoms with Crippen molar-refractivity contribution in [2.45, 2.75) is 52.0 Å². The number of nitrogens with one attached hydrogen (secondary N) is 1. The van der Waals surface area contributed by atoms with Gasteiger partial charge in [-0.05, 0) is 43.4 Å². The van der Waals surface area contributed by atoms with E-state index in [1.54, 1.807) is 0 Å². The smallest absolute Gasteiger partial charge is 0.0460 e. The predicted octanol–water partition coefficient (Wildman–Crippen LogP) is 4.01. The van der Waals surface area contributed by atoms with Crippen LogP contribution in [-0.2, 0) is 5.54 Å². The molecule has 1 atom stereocenters. The van der Waals surface area contributed by atoms with Crippen molar-refractivity contribution in [1.29, 1.82) is 0 Å². The van der Waals surface area contributed by atoms with E-state index < -0.39 is 0 Å². The van der Waals surface area contributed by atoms with Crippen molar-refractivity contribution < 1.29 is 0 Å². The standard InChI is InChI=1S/C16H25N/c1-13(2)16(11-7-4-8-12-17-16)15-10-6-5-9-14(15)3/h5-6,9-10,13,17H,4,7-8,11-12H2,1-3H3. The molecule has 1 aliphatic heterocycles. The minimum Gasteiger partial charge on any atom is -0.307 e. The first-order chi connectivity index (χ1) is 8.17. The van der Waals surface area contributed by atoms with Crippen molar-refractivity contribution >= 4 is 0 Å². The molecule has 1 aliphatic rings. The Kier molecular flexibility index (Phi) is 3.88. The molecular weight excluding hydrogens is 206 g/mol. The lowest BCUT2D eigenvalue weighted by Gasteiger charge is -2.39. The minimum atomic E-state index is 0.196. The van der Waals surface area contributed by atoms with Crippen LogP contribution < -0.4 is 5.32 Å². The van der Waals surface area contributed by atoms with Gasteiger partial charge in [0.2, 0.25) is 0 Å². The van der Waals surface area contributed by atoms with Gasteiger partial charge in [-0.25, -0.2) is 0 Å². The van der Waals surface area contributed by atoms with Crippen LogP contribution in [0.2, 0.25) is 0 Å². The summed E-state index contributed by atoms with van der Waals surface area (Å²) in [5, 5.41) is 3.85. The fourth-order valence-corrected chi connectivity index (χ4v) is 3.21. The van der Waals surface area contributed by atoms with Gasteiger partial charge in [-0.3, -0.25) is 0 Å². The van der Waals surface area contributed by atoms with Crippen LogP contribution in [-0.4, -0.2) is 6.54 Å². The van der Waals surface area contributed by atoms with Crippen LogP contribution in [0.3, 0.4) is 0 Å². The quantitative estimate of drug-likeness (QED) is 0.811. The van der Waals surface area contributed by atoms with Crippen molar-refractivity contribution in [3.8, 4) is 0 Å². The second kappa shape index (κ2) is 5.22. The normalized spacial score (nSPS) is 25.9. The van der Waals surface area contributed by atoms with E-state index in [2.05, 4.69) is 50.4 Å². The number of hydrogen-bond donors (Lipinski definition) is 1. The first-order valence-corrected chi connectivity index (χ1v) is 6.98. The number of hydrogen-bond acceptors (Lipinski definition) is 1. The van der Waals surface area contributed by atoms with E-state index in [0.717, 1.165) is 6.54 Å².